The molecular weight excluding hydrogens is 268 g/mol. The van der Waals surface area contributed by atoms with Crippen LogP contribution in [0.1, 0.15) is 93.4 Å². The minimum Gasteiger partial charge on any atom is -0.331 e. The van der Waals surface area contributed by atoms with Gasteiger partial charge in [-0.1, -0.05) is 73.1 Å². The minimum atomic E-state index is 0.0607. The maximum absolute atomic E-state index is 4.28. The summed E-state index contributed by atoms with van der Waals surface area (Å²) in [5.41, 5.74) is 0.542. The topological polar surface area (TPSA) is 17.8 Å². The molecule has 1 aromatic heterocycles. The second-order valence-electron chi connectivity index (χ2n) is 8.63. The molecule has 1 heterocycles. The molecular formula is C20H38N2. The second-order valence-corrected chi connectivity index (χ2v) is 8.63. The highest BCUT2D eigenvalue weighted by Crippen LogP contribution is 2.53. The van der Waals surface area contributed by atoms with E-state index in [1.807, 2.05) is 12.5 Å². The molecule has 0 aromatic carbocycles. The molecule has 22 heavy (non-hydrogen) atoms. The van der Waals surface area contributed by atoms with E-state index in [1.165, 1.54) is 44.9 Å². The molecule has 1 atom stereocenters. The summed E-state index contributed by atoms with van der Waals surface area (Å²) in [6.07, 6.45) is 15.5. The molecule has 0 bridgehead atoms. The zero-order chi connectivity index (χ0) is 16.9. The summed E-state index contributed by atoms with van der Waals surface area (Å²) in [4.78, 5) is 4.28. The first-order valence-electron chi connectivity index (χ1n) is 9.15. The SMILES string of the molecule is CCCCCCCCC(C)(C(C)(C)C)C(C)(C)n1ccnc1. The Morgan fingerprint density at radius 1 is 0.864 bits per heavy atom. The molecule has 0 aliphatic rings. The Balaban J connectivity index is 2.79. The van der Waals surface area contributed by atoms with Crippen molar-refractivity contribution in [2.45, 2.75) is 99.0 Å². The normalized spacial score (nSPS) is 15.8. The molecule has 2 nitrogen and oxygen atoms in total. The Hall–Kier alpha value is -0.790. The lowest BCUT2D eigenvalue weighted by Crippen LogP contribution is -2.51. The molecule has 1 aromatic rings. The summed E-state index contributed by atoms with van der Waals surface area (Å²) in [5.74, 6) is 0. The predicted molar refractivity (Wildman–Crippen MR) is 97.1 cm³/mol. The van der Waals surface area contributed by atoms with Crippen LogP contribution in [-0.2, 0) is 5.54 Å². The maximum atomic E-state index is 4.28. The zero-order valence-electron chi connectivity index (χ0n) is 16.1. The van der Waals surface area contributed by atoms with Crippen LogP contribution in [0.5, 0.6) is 0 Å². The van der Waals surface area contributed by atoms with Gasteiger partial charge in [0.2, 0.25) is 0 Å². The Morgan fingerprint density at radius 3 is 1.95 bits per heavy atom. The molecule has 0 fully saturated rings. The third-order valence-corrected chi connectivity index (χ3v) is 6.19. The van der Waals surface area contributed by atoms with Crippen molar-refractivity contribution in [1.29, 1.82) is 0 Å². The van der Waals surface area contributed by atoms with E-state index in [-0.39, 0.29) is 16.4 Å². The van der Waals surface area contributed by atoms with Crippen LogP contribution in [0.3, 0.4) is 0 Å². The Kier molecular flexibility index (Phi) is 6.70. The highest BCUT2D eigenvalue weighted by atomic mass is 15.1. The van der Waals surface area contributed by atoms with Crippen LogP contribution in [0, 0.1) is 10.8 Å². The number of nitrogens with zero attached hydrogens (tertiary/aromatic N) is 2. The van der Waals surface area contributed by atoms with Crippen LogP contribution in [0.15, 0.2) is 18.7 Å². The predicted octanol–water partition coefficient (Wildman–Crippen LogP) is 6.42. The highest BCUT2D eigenvalue weighted by Gasteiger charge is 2.49. The van der Waals surface area contributed by atoms with Crippen LogP contribution in [0.4, 0.5) is 0 Å². The monoisotopic (exact) mass is 306 g/mol. The average Bonchev–Trinajstić information content (AvgIpc) is 2.95. The molecule has 1 unspecified atom stereocenters. The van der Waals surface area contributed by atoms with Crippen molar-refractivity contribution in [3.05, 3.63) is 18.7 Å². The Labute approximate surface area is 138 Å². The third kappa shape index (κ3) is 4.14. The first kappa shape index (κ1) is 19.3. The Bertz CT molecular complexity index is 411. The van der Waals surface area contributed by atoms with E-state index in [0.29, 0.717) is 0 Å². The van der Waals surface area contributed by atoms with Gasteiger partial charge in [0, 0.05) is 17.9 Å². The number of aromatic nitrogens is 2. The summed E-state index contributed by atoms with van der Waals surface area (Å²) in [7, 11) is 0. The molecule has 1 rings (SSSR count). The number of imidazole rings is 1. The van der Waals surface area contributed by atoms with Crippen molar-refractivity contribution in [1.82, 2.24) is 9.55 Å². The van der Waals surface area contributed by atoms with Crippen molar-refractivity contribution < 1.29 is 0 Å². The molecule has 2 heteroatoms. The molecule has 0 amide bonds. The maximum Gasteiger partial charge on any atom is 0.0951 e. The van der Waals surface area contributed by atoms with Crippen LogP contribution >= 0.6 is 0 Å². The van der Waals surface area contributed by atoms with E-state index in [0.717, 1.165) is 0 Å². The van der Waals surface area contributed by atoms with E-state index < -0.39 is 0 Å². The molecule has 0 aliphatic heterocycles. The Morgan fingerprint density at radius 2 is 1.45 bits per heavy atom. The first-order valence-corrected chi connectivity index (χ1v) is 9.15. The molecule has 0 saturated heterocycles. The number of unbranched alkanes of at least 4 members (excludes halogenated alkanes) is 5. The van der Waals surface area contributed by atoms with Crippen LogP contribution in [-0.4, -0.2) is 9.55 Å². The fourth-order valence-electron chi connectivity index (χ4n) is 3.73. The van der Waals surface area contributed by atoms with Gasteiger partial charge in [0.25, 0.3) is 0 Å². The standard InChI is InChI=1S/C20H38N2/c1-8-9-10-11-12-13-14-20(7,18(2,3)4)19(5,6)22-16-15-21-17-22/h15-17H,8-14H2,1-7H3. The molecule has 0 radical (unpaired) electrons. The second kappa shape index (κ2) is 7.66. The number of rotatable bonds is 9. The average molecular weight is 307 g/mol. The van der Waals surface area contributed by atoms with Gasteiger partial charge in [-0.05, 0) is 31.1 Å². The zero-order valence-corrected chi connectivity index (χ0v) is 16.1. The van der Waals surface area contributed by atoms with Gasteiger partial charge in [-0.3, -0.25) is 0 Å². The number of hydrogen-bond donors (Lipinski definition) is 0. The van der Waals surface area contributed by atoms with Crippen molar-refractivity contribution in [2.24, 2.45) is 10.8 Å². The lowest BCUT2D eigenvalue weighted by atomic mass is 9.56. The summed E-state index contributed by atoms with van der Waals surface area (Å²) in [6, 6.07) is 0. The van der Waals surface area contributed by atoms with Gasteiger partial charge in [0.15, 0.2) is 0 Å². The van der Waals surface area contributed by atoms with Gasteiger partial charge >= 0.3 is 0 Å². The van der Waals surface area contributed by atoms with Gasteiger partial charge in [-0.15, -0.1) is 0 Å². The van der Waals surface area contributed by atoms with Gasteiger partial charge in [-0.2, -0.15) is 0 Å². The number of hydrogen-bond acceptors (Lipinski definition) is 1. The van der Waals surface area contributed by atoms with Crippen molar-refractivity contribution in [2.75, 3.05) is 0 Å². The lowest BCUT2D eigenvalue weighted by molar-refractivity contribution is -0.0266. The fourth-order valence-corrected chi connectivity index (χ4v) is 3.73. The van der Waals surface area contributed by atoms with Gasteiger partial charge in [0.1, 0.15) is 0 Å². The molecule has 0 spiro atoms. The lowest BCUT2D eigenvalue weighted by Gasteiger charge is -2.53. The first-order chi connectivity index (χ1) is 10.2. The van der Waals surface area contributed by atoms with Gasteiger partial charge in [0.05, 0.1) is 6.33 Å². The molecule has 0 saturated carbocycles. The largest absolute Gasteiger partial charge is 0.331 e. The van der Waals surface area contributed by atoms with E-state index >= 15 is 0 Å². The quantitative estimate of drug-likeness (QED) is 0.481. The molecule has 128 valence electrons. The van der Waals surface area contributed by atoms with E-state index in [2.05, 4.69) is 64.2 Å². The van der Waals surface area contributed by atoms with Gasteiger partial charge < -0.3 is 4.57 Å². The summed E-state index contributed by atoms with van der Waals surface area (Å²) in [5, 5.41) is 0. The van der Waals surface area contributed by atoms with E-state index in [1.54, 1.807) is 0 Å². The van der Waals surface area contributed by atoms with Crippen LogP contribution in [0.25, 0.3) is 0 Å². The minimum absolute atomic E-state index is 0.0607. The van der Waals surface area contributed by atoms with Crippen molar-refractivity contribution in [3.8, 4) is 0 Å². The summed E-state index contributed by atoms with van der Waals surface area (Å²) >= 11 is 0. The van der Waals surface area contributed by atoms with E-state index in [4.69, 9.17) is 0 Å². The van der Waals surface area contributed by atoms with Crippen LogP contribution in [0.2, 0.25) is 0 Å². The molecule has 0 N–H and O–H groups in total. The van der Waals surface area contributed by atoms with Crippen LogP contribution < -0.4 is 0 Å². The smallest absolute Gasteiger partial charge is 0.0951 e. The highest BCUT2D eigenvalue weighted by molar-refractivity contribution is 5.02. The summed E-state index contributed by atoms with van der Waals surface area (Å²) < 4.78 is 2.30. The van der Waals surface area contributed by atoms with E-state index in [9.17, 15) is 0 Å². The fraction of sp³-hybridized carbons (Fsp3) is 0.850. The van der Waals surface area contributed by atoms with Gasteiger partial charge in [-0.25, -0.2) is 4.98 Å². The summed E-state index contributed by atoms with van der Waals surface area (Å²) in [6.45, 7) is 16.7. The molecule has 0 aliphatic carbocycles. The van der Waals surface area contributed by atoms with Crippen molar-refractivity contribution in [3.63, 3.8) is 0 Å². The van der Waals surface area contributed by atoms with Crippen molar-refractivity contribution >= 4 is 0 Å². The third-order valence-electron chi connectivity index (χ3n) is 6.19.